The highest BCUT2D eigenvalue weighted by Gasteiger charge is 2.19. The van der Waals surface area contributed by atoms with Crippen LogP contribution in [-0.4, -0.2) is 31.0 Å². The first-order valence-corrected chi connectivity index (χ1v) is 8.79. The Kier molecular flexibility index (Phi) is 5.30. The van der Waals surface area contributed by atoms with E-state index in [1.165, 1.54) is 11.1 Å². The van der Waals surface area contributed by atoms with Gasteiger partial charge in [-0.05, 0) is 60.7 Å². The Labute approximate surface area is 153 Å². The first kappa shape index (κ1) is 17.8. The number of halogens is 1. The van der Waals surface area contributed by atoms with Gasteiger partial charge >= 0.3 is 0 Å². The highest BCUT2D eigenvalue weighted by molar-refractivity contribution is 6.34. The summed E-state index contributed by atoms with van der Waals surface area (Å²) in [6.07, 6.45) is 0.941. The highest BCUT2D eigenvalue weighted by Crippen LogP contribution is 2.28. The van der Waals surface area contributed by atoms with Crippen molar-refractivity contribution in [3.8, 4) is 5.75 Å². The number of rotatable bonds is 4. The van der Waals surface area contributed by atoms with E-state index in [0.717, 1.165) is 36.4 Å². The molecular weight excluding hydrogens is 336 g/mol. The maximum absolute atomic E-state index is 12.5. The molecule has 0 aromatic heterocycles. The van der Waals surface area contributed by atoms with Gasteiger partial charge in [-0.1, -0.05) is 23.7 Å². The minimum atomic E-state index is -0.0415. The van der Waals surface area contributed by atoms with Crippen LogP contribution in [0.4, 0.5) is 5.69 Å². The lowest BCUT2D eigenvalue weighted by atomic mass is 9.99. The average molecular weight is 359 g/mol. The fraction of sp³-hybridized carbons (Fsp3) is 0.350. The number of carbonyl (C=O) groups is 1. The van der Waals surface area contributed by atoms with E-state index in [1.807, 2.05) is 32.0 Å². The molecule has 3 rings (SSSR count). The number of benzene rings is 2. The number of nitrogens with zero attached hydrogens (tertiary/aromatic N) is 1. The molecule has 1 amide bonds. The predicted molar refractivity (Wildman–Crippen MR) is 102 cm³/mol. The number of hydrogen-bond donors (Lipinski definition) is 1. The molecule has 0 spiro atoms. The van der Waals surface area contributed by atoms with Gasteiger partial charge in [-0.25, -0.2) is 0 Å². The smallest absolute Gasteiger partial charge is 0.238 e. The van der Waals surface area contributed by atoms with Gasteiger partial charge in [0, 0.05) is 13.1 Å². The van der Waals surface area contributed by atoms with Crippen molar-refractivity contribution >= 4 is 23.2 Å². The van der Waals surface area contributed by atoms with Gasteiger partial charge in [-0.2, -0.15) is 0 Å². The zero-order valence-electron chi connectivity index (χ0n) is 14.9. The Bertz CT molecular complexity index is 781. The Morgan fingerprint density at radius 2 is 2.04 bits per heavy atom. The van der Waals surface area contributed by atoms with Gasteiger partial charge in [0.2, 0.25) is 5.91 Å². The van der Waals surface area contributed by atoms with Crippen molar-refractivity contribution < 1.29 is 9.53 Å². The molecule has 2 aromatic rings. The zero-order valence-corrected chi connectivity index (χ0v) is 15.6. The van der Waals surface area contributed by atoms with Gasteiger partial charge in [-0.3, -0.25) is 9.69 Å². The van der Waals surface area contributed by atoms with Gasteiger partial charge in [0.25, 0.3) is 0 Å². The number of anilines is 1. The van der Waals surface area contributed by atoms with E-state index in [2.05, 4.69) is 22.3 Å². The number of ether oxygens (including phenoxy) is 1. The SMILES string of the molecule is COc1ccc2c(c1)CN(CC(=O)Nc1c(C)cc(C)cc1Cl)CC2. The summed E-state index contributed by atoms with van der Waals surface area (Å²) < 4.78 is 5.30. The fourth-order valence-electron chi connectivity index (χ4n) is 3.31. The Hall–Kier alpha value is -2.04. The van der Waals surface area contributed by atoms with E-state index in [9.17, 15) is 4.79 Å². The Morgan fingerprint density at radius 3 is 2.76 bits per heavy atom. The molecule has 0 unspecified atom stereocenters. The fourth-order valence-corrected chi connectivity index (χ4v) is 3.68. The molecular formula is C20H23ClN2O2. The monoisotopic (exact) mass is 358 g/mol. The summed E-state index contributed by atoms with van der Waals surface area (Å²) in [6.45, 7) is 5.91. The maximum atomic E-state index is 12.5. The van der Waals surface area contributed by atoms with Crippen LogP contribution in [0.2, 0.25) is 5.02 Å². The normalized spacial score (nSPS) is 14.1. The lowest BCUT2D eigenvalue weighted by molar-refractivity contribution is -0.117. The predicted octanol–water partition coefficient (Wildman–Crippen LogP) is 3.96. The van der Waals surface area contributed by atoms with Crippen LogP contribution < -0.4 is 10.1 Å². The molecule has 0 saturated heterocycles. The molecule has 1 heterocycles. The summed E-state index contributed by atoms with van der Waals surface area (Å²) in [5.41, 5.74) is 5.32. The number of aryl methyl sites for hydroxylation is 2. The van der Waals surface area contributed by atoms with Crippen molar-refractivity contribution in [3.63, 3.8) is 0 Å². The van der Waals surface area contributed by atoms with Crippen LogP contribution in [0.15, 0.2) is 30.3 Å². The molecule has 0 atom stereocenters. The summed E-state index contributed by atoms with van der Waals surface area (Å²) in [5, 5.41) is 3.55. The van der Waals surface area contributed by atoms with Crippen LogP contribution in [0.1, 0.15) is 22.3 Å². The number of carbonyl (C=O) groups excluding carboxylic acids is 1. The molecule has 0 fully saturated rings. The van der Waals surface area contributed by atoms with Crippen LogP contribution >= 0.6 is 11.6 Å². The van der Waals surface area contributed by atoms with E-state index < -0.39 is 0 Å². The van der Waals surface area contributed by atoms with Crippen LogP contribution in [0.3, 0.4) is 0 Å². The van der Waals surface area contributed by atoms with E-state index in [4.69, 9.17) is 16.3 Å². The third kappa shape index (κ3) is 4.14. The van der Waals surface area contributed by atoms with Crippen LogP contribution in [-0.2, 0) is 17.8 Å². The summed E-state index contributed by atoms with van der Waals surface area (Å²) in [7, 11) is 1.67. The van der Waals surface area contributed by atoms with E-state index >= 15 is 0 Å². The molecule has 132 valence electrons. The Balaban J connectivity index is 1.66. The minimum Gasteiger partial charge on any atom is -0.497 e. The summed E-state index contributed by atoms with van der Waals surface area (Å²) in [4.78, 5) is 14.6. The highest BCUT2D eigenvalue weighted by atomic mass is 35.5. The van der Waals surface area contributed by atoms with E-state index in [0.29, 0.717) is 17.3 Å². The minimum absolute atomic E-state index is 0.0415. The van der Waals surface area contributed by atoms with Gasteiger partial charge < -0.3 is 10.1 Å². The third-order valence-corrected chi connectivity index (χ3v) is 4.87. The summed E-state index contributed by atoms with van der Waals surface area (Å²) in [6, 6.07) is 10.0. The average Bonchev–Trinajstić information content (AvgIpc) is 2.57. The molecule has 1 aliphatic rings. The molecule has 1 N–H and O–H groups in total. The quantitative estimate of drug-likeness (QED) is 0.899. The van der Waals surface area contributed by atoms with Crippen molar-refractivity contribution in [2.45, 2.75) is 26.8 Å². The molecule has 2 aromatic carbocycles. The lowest BCUT2D eigenvalue weighted by Gasteiger charge is -2.28. The Morgan fingerprint density at radius 1 is 1.24 bits per heavy atom. The van der Waals surface area contributed by atoms with Crippen molar-refractivity contribution in [1.29, 1.82) is 0 Å². The summed E-state index contributed by atoms with van der Waals surface area (Å²) in [5.74, 6) is 0.812. The first-order chi connectivity index (χ1) is 12.0. The van der Waals surface area contributed by atoms with Crippen molar-refractivity contribution in [1.82, 2.24) is 4.90 Å². The van der Waals surface area contributed by atoms with Crippen molar-refractivity contribution in [2.24, 2.45) is 0 Å². The topological polar surface area (TPSA) is 41.6 Å². The molecule has 0 aliphatic carbocycles. The van der Waals surface area contributed by atoms with Gasteiger partial charge in [0.15, 0.2) is 0 Å². The molecule has 4 nitrogen and oxygen atoms in total. The number of methoxy groups -OCH3 is 1. The molecule has 0 saturated carbocycles. The lowest BCUT2D eigenvalue weighted by Crippen LogP contribution is -2.37. The zero-order chi connectivity index (χ0) is 18.0. The molecule has 0 bridgehead atoms. The molecule has 0 radical (unpaired) electrons. The van der Waals surface area contributed by atoms with Crippen molar-refractivity contribution in [3.05, 3.63) is 57.6 Å². The van der Waals surface area contributed by atoms with Crippen LogP contribution in [0.25, 0.3) is 0 Å². The molecule has 1 aliphatic heterocycles. The largest absolute Gasteiger partial charge is 0.497 e. The number of hydrogen-bond acceptors (Lipinski definition) is 3. The molecule has 5 heteroatoms. The molecule has 25 heavy (non-hydrogen) atoms. The second-order valence-corrected chi connectivity index (χ2v) is 6.99. The number of amides is 1. The number of nitrogens with one attached hydrogen (secondary N) is 1. The van der Waals surface area contributed by atoms with Crippen LogP contribution in [0, 0.1) is 13.8 Å². The number of fused-ring (bicyclic) bond motifs is 1. The van der Waals surface area contributed by atoms with Gasteiger partial charge in [0.05, 0.1) is 24.4 Å². The third-order valence-electron chi connectivity index (χ3n) is 4.57. The van der Waals surface area contributed by atoms with E-state index in [-0.39, 0.29) is 5.91 Å². The summed E-state index contributed by atoms with van der Waals surface area (Å²) >= 11 is 6.28. The van der Waals surface area contributed by atoms with Gasteiger partial charge in [-0.15, -0.1) is 0 Å². The van der Waals surface area contributed by atoms with Gasteiger partial charge in [0.1, 0.15) is 5.75 Å². The van der Waals surface area contributed by atoms with Crippen molar-refractivity contribution in [2.75, 3.05) is 25.5 Å². The van der Waals surface area contributed by atoms with E-state index in [1.54, 1.807) is 7.11 Å². The van der Waals surface area contributed by atoms with Crippen LogP contribution in [0.5, 0.6) is 5.75 Å². The first-order valence-electron chi connectivity index (χ1n) is 8.41. The second kappa shape index (κ2) is 7.46. The second-order valence-electron chi connectivity index (χ2n) is 6.58. The maximum Gasteiger partial charge on any atom is 0.238 e. The standard InChI is InChI=1S/C20H23ClN2O2/c1-13-8-14(2)20(18(21)9-13)22-19(24)12-23-7-6-15-4-5-17(25-3)10-16(15)11-23/h4-5,8-10H,6-7,11-12H2,1-3H3,(H,22,24).